The van der Waals surface area contributed by atoms with Crippen LogP contribution in [0, 0.1) is 5.82 Å². The van der Waals surface area contributed by atoms with Crippen LogP contribution in [0.3, 0.4) is 0 Å². The minimum atomic E-state index is -0.474. The van der Waals surface area contributed by atoms with E-state index in [1.807, 2.05) is 0 Å². The number of carbonyl (C=O) groups is 1. The first kappa shape index (κ1) is 14.3. The number of nitrogens with two attached hydrogens (primary N) is 1. The van der Waals surface area contributed by atoms with Crippen LogP contribution < -0.4 is 11.1 Å². The molecule has 1 saturated heterocycles. The van der Waals surface area contributed by atoms with Crippen LogP contribution in [0.1, 0.15) is 19.3 Å². The monoisotopic (exact) mass is 293 g/mol. The molecule has 3 N–H and O–H groups in total. The summed E-state index contributed by atoms with van der Waals surface area (Å²) in [7, 11) is 0. The Balaban J connectivity index is 1.62. The first-order valence-electron chi connectivity index (χ1n) is 7.34. The highest BCUT2D eigenvalue weighted by molar-refractivity contribution is 5.92. The summed E-state index contributed by atoms with van der Waals surface area (Å²) in [5, 5.41) is 2.60. The van der Waals surface area contributed by atoms with E-state index in [4.69, 9.17) is 10.5 Å². The number of anilines is 2. The topological polar surface area (TPSA) is 67.6 Å². The van der Waals surface area contributed by atoms with Gasteiger partial charge in [-0.3, -0.25) is 9.69 Å². The van der Waals surface area contributed by atoms with Gasteiger partial charge in [0.2, 0.25) is 5.91 Å². The van der Waals surface area contributed by atoms with Gasteiger partial charge in [-0.25, -0.2) is 4.39 Å². The molecule has 1 amide bonds. The molecular formula is C15H20FN3O2. The van der Waals surface area contributed by atoms with Crippen molar-refractivity contribution in [2.45, 2.75) is 31.4 Å². The van der Waals surface area contributed by atoms with Gasteiger partial charge in [-0.2, -0.15) is 0 Å². The number of nitrogen functional groups attached to an aromatic ring is 1. The maximum Gasteiger partial charge on any atom is 0.238 e. The maximum absolute atomic E-state index is 13.6. The minimum absolute atomic E-state index is 0.135. The smallest absolute Gasteiger partial charge is 0.238 e. The van der Waals surface area contributed by atoms with Gasteiger partial charge in [-0.05, 0) is 37.5 Å². The molecule has 2 fully saturated rings. The molecule has 2 aliphatic rings. The van der Waals surface area contributed by atoms with E-state index < -0.39 is 5.82 Å². The standard InChI is InChI=1S/C15H20FN3O2/c16-11-5-4-10(17)8-12(11)18-15(20)9-19-6-7-21-14-3-1-2-13(14)19/h4-5,8,13-14H,1-3,6-7,9,17H2,(H,18,20). The van der Waals surface area contributed by atoms with Gasteiger partial charge in [0.1, 0.15) is 5.82 Å². The van der Waals surface area contributed by atoms with E-state index in [1.165, 1.54) is 18.2 Å². The average molecular weight is 293 g/mol. The highest BCUT2D eigenvalue weighted by Gasteiger charge is 2.36. The molecule has 0 bridgehead atoms. The fraction of sp³-hybridized carbons (Fsp3) is 0.533. The lowest BCUT2D eigenvalue weighted by Gasteiger charge is -2.37. The molecule has 0 radical (unpaired) electrons. The molecule has 1 heterocycles. The second-order valence-electron chi connectivity index (χ2n) is 5.67. The van der Waals surface area contributed by atoms with E-state index in [2.05, 4.69) is 10.2 Å². The molecule has 2 unspecified atom stereocenters. The summed E-state index contributed by atoms with van der Waals surface area (Å²) in [6.45, 7) is 1.66. The number of rotatable bonds is 3. The number of hydrogen-bond donors (Lipinski definition) is 2. The second-order valence-corrected chi connectivity index (χ2v) is 5.67. The van der Waals surface area contributed by atoms with Crippen molar-refractivity contribution in [1.29, 1.82) is 0 Å². The van der Waals surface area contributed by atoms with E-state index in [9.17, 15) is 9.18 Å². The van der Waals surface area contributed by atoms with Gasteiger partial charge < -0.3 is 15.8 Å². The van der Waals surface area contributed by atoms with Gasteiger partial charge in [0.05, 0.1) is 24.9 Å². The normalized spacial score (nSPS) is 25.6. The zero-order valence-corrected chi connectivity index (χ0v) is 11.8. The van der Waals surface area contributed by atoms with Gasteiger partial charge in [-0.15, -0.1) is 0 Å². The predicted molar refractivity (Wildman–Crippen MR) is 78.4 cm³/mol. The van der Waals surface area contributed by atoms with Crippen molar-refractivity contribution in [1.82, 2.24) is 4.90 Å². The first-order chi connectivity index (χ1) is 10.1. The molecule has 1 aliphatic heterocycles. The fourth-order valence-corrected chi connectivity index (χ4v) is 3.21. The van der Waals surface area contributed by atoms with Gasteiger partial charge in [0, 0.05) is 18.3 Å². The van der Waals surface area contributed by atoms with Crippen LogP contribution in [0.2, 0.25) is 0 Å². The number of nitrogens with zero attached hydrogens (tertiary/aromatic N) is 1. The largest absolute Gasteiger partial charge is 0.399 e. The van der Waals surface area contributed by atoms with E-state index in [0.29, 0.717) is 18.3 Å². The van der Waals surface area contributed by atoms with Crippen molar-refractivity contribution in [2.75, 3.05) is 30.7 Å². The van der Waals surface area contributed by atoms with Crippen LogP contribution in [0.15, 0.2) is 18.2 Å². The van der Waals surface area contributed by atoms with Crippen LogP contribution in [0.4, 0.5) is 15.8 Å². The zero-order valence-electron chi connectivity index (χ0n) is 11.8. The summed E-state index contributed by atoms with van der Waals surface area (Å²) in [5.74, 6) is -0.690. The predicted octanol–water partition coefficient (Wildman–Crippen LogP) is 1.60. The lowest BCUT2D eigenvalue weighted by atomic mass is 10.1. The summed E-state index contributed by atoms with van der Waals surface area (Å²) in [6, 6.07) is 4.48. The SMILES string of the molecule is Nc1ccc(F)c(NC(=O)CN2CCOC3CCCC32)c1. The Labute approximate surface area is 123 Å². The molecule has 0 spiro atoms. The Morgan fingerprint density at radius 1 is 1.48 bits per heavy atom. The third-order valence-electron chi connectivity index (χ3n) is 4.21. The Morgan fingerprint density at radius 3 is 3.19 bits per heavy atom. The summed E-state index contributed by atoms with van der Waals surface area (Å²) in [4.78, 5) is 14.3. The number of morpholine rings is 1. The van der Waals surface area contributed by atoms with Gasteiger partial charge in [0.25, 0.3) is 0 Å². The number of amides is 1. The van der Waals surface area contributed by atoms with Crippen molar-refractivity contribution in [3.8, 4) is 0 Å². The molecule has 1 aliphatic carbocycles. The van der Waals surface area contributed by atoms with Gasteiger partial charge in [0.15, 0.2) is 0 Å². The lowest BCUT2D eigenvalue weighted by molar-refractivity contribution is -0.121. The van der Waals surface area contributed by atoms with Crippen LogP contribution in [-0.2, 0) is 9.53 Å². The van der Waals surface area contributed by atoms with Crippen LogP contribution in [-0.4, -0.2) is 42.6 Å². The van der Waals surface area contributed by atoms with E-state index in [-0.39, 0.29) is 24.2 Å². The molecule has 1 aromatic rings. The zero-order chi connectivity index (χ0) is 14.8. The van der Waals surface area contributed by atoms with Crippen molar-refractivity contribution in [3.63, 3.8) is 0 Å². The molecule has 6 heteroatoms. The number of ether oxygens (including phenoxy) is 1. The Bertz CT molecular complexity index is 538. The number of nitrogens with one attached hydrogen (secondary N) is 1. The number of carbonyl (C=O) groups excluding carboxylic acids is 1. The molecular weight excluding hydrogens is 273 g/mol. The molecule has 2 atom stereocenters. The molecule has 3 rings (SSSR count). The van der Waals surface area contributed by atoms with E-state index >= 15 is 0 Å². The molecule has 1 saturated carbocycles. The quantitative estimate of drug-likeness (QED) is 0.831. The number of hydrogen-bond acceptors (Lipinski definition) is 4. The van der Waals surface area contributed by atoms with Gasteiger partial charge in [-0.1, -0.05) is 0 Å². The highest BCUT2D eigenvalue weighted by Crippen LogP contribution is 2.29. The summed E-state index contributed by atoms with van der Waals surface area (Å²) < 4.78 is 19.3. The van der Waals surface area contributed by atoms with Crippen LogP contribution in [0.25, 0.3) is 0 Å². The summed E-state index contributed by atoms with van der Waals surface area (Å²) in [6.07, 6.45) is 3.50. The van der Waals surface area contributed by atoms with Gasteiger partial charge >= 0.3 is 0 Å². The lowest BCUT2D eigenvalue weighted by Crippen LogP contribution is -2.51. The van der Waals surface area contributed by atoms with Crippen molar-refractivity contribution < 1.29 is 13.9 Å². The van der Waals surface area contributed by atoms with Crippen molar-refractivity contribution >= 4 is 17.3 Å². The molecule has 5 nitrogen and oxygen atoms in total. The minimum Gasteiger partial charge on any atom is -0.399 e. The third-order valence-corrected chi connectivity index (χ3v) is 4.21. The maximum atomic E-state index is 13.6. The average Bonchev–Trinajstić information content (AvgIpc) is 2.92. The number of halogens is 1. The van der Waals surface area contributed by atoms with Crippen molar-refractivity contribution in [3.05, 3.63) is 24.0 Å². The van der Waals surface area contributed by atoms with E-state index in [1.54, 1.807) is 0 Å². The number of benzene rings is 1. The number of fused-ring (bicyclic) bond motifs is 1. The van der Waals surface area contributed by atoms with Crippen molar-refractivity contribution in [2.24, 2.45) is 0 Å². The summed E-state index contributed by atoms with van der Waals surface area (Å²) >= 11 is 0. The highest BCUT2D eigenvalue weighted by atomic mass is 19.1. The van der Waals surface area contributed by atoms with E-state index in [0.717, 1.165) is 25.8 Å². The van der Waals surface area contributed by atoms with Crippen LogP contribution in [0.5, 0.6) is 0 Å². The third kappa shape index (κ3) is 3.16. The molecule has 1 aromatic carbocycles. The Kier molecular flexibility index (Phi) is 4.07. The second kappa shape index (κ2) is 5.99. The summed E-state index contributed by atoms with van der Waals surface area (Å²) in [5.41, 5.74) is 6.17. The molecule has 0 aromatic heterocycles. The molecule has 114 valence electrons. The first-order valence-corrected chi connectivity index (χ1v) is 7.34. The Morgan fingerprint density at radius 2 is 2.33 bits per heavy atom. The fourth-order valence-electron chi connectivity index (χ4n) is 3.21. The Hall–Kier alpha value is -1.66. The molecule has 21 heavy (non-hydrogen) atoms. The van der Waals surface area contributed by atoms with Crippen LogP contribution >= 0.6 is 0 Å².